The quantitative estimate of drug-likeness (QED) is 0.742. The van der Waals surface area contributed by atoms with Gasteiger partial charge in [-0.3, -0.25) is 4.90 Å². The molecule has 4 heteroatoms. The van der Waals surface area contributed by atoms with Crippen LogP contribution in [0.3, 0.4) is 0 Å². The van der Waals surface area contributed by atoms with Gasteiger partial charge in [-0.1, -0.05) is 40.5 Å². The Hall–Kier alpha value is -0.120. The van der Waals surface area contributed by atoms with E-state index in [1.54, 1.807) is 12.1 Å². The molecule has 0 aliphatic carbocycles. The zero-order valence-electron chi connectivity index (χ0n) is 9.80. The fourth-order valence-electron chi connectivity index (χ4n) is 2.14. The number of rotatable bonds is 2. The summed E-state index contributed by atoms with van der Waals surface area (Å²) in [6.07, 6.45) is 1.14. The number of hydrogen-bond acceptors (Lipinski definition) is 1. The average Bonchev–Trinajstić information content (AvgIpc) is 2.28. The average molecular weight is 321 g/mol. The minimum Gasteiger partial charge on any atom is -0.298 e. The largest absolute Gasteiger partial charge is 0.298 e. The third-order valence-electron chi connectivity index (χ3n) is 3.39. The van der Waals surface area contributed by atoms with E-state index >= 15 is 0 Å². The standard InChI is InChI=1S/C13H16BrClFN/c1-9-5-6-17(8-11(9)14)7-10-12(15)3-2-4-13(10)16/h2-4,9,11H,5-8H2,1H3. The van der Waals surface area contributed by atoms with Gasteiger partial charge in [-0.2, -0.15) is 0 Å². The molecule has 94 valence electrons. The van der Waals surface area contributed by atoms with Crippen LogP contribution in [0.4, 0.5) is 4.39 Å². The van der Waals surface area contributed by atoms with E-state index in [0.717, 1.165) is 19.5 Å². The molecule has 1 fully saturated rings. The summed E-state index contributed by atoms with van der Waals surface area (Å²) < 4.78 is 13.7. The van der Waals surface area contributed by atoms with Gasteiger partial charge < -0.3 is 0 Å². The second-order valence-corrected chi connectivity index (χ2v) is 6.30. The summed E-state index contributed by atoms with van der Waals surface area (Å²) >= 11 is 9.71. The van der Waals surface area contributed by atoms with Crippen LogP contribution in [0.5, 0.6) is 0 Å². The van der Waals surface area contributed by atoms with Crippen LogP contribution in [0.2, 0.25) is 5.02 Å². The summed E-state index contributed by atoms with van der Waals surface area (Å²) in [5, 5.41) is 0.523. The molecule has 1 aromatic carbocycles. The number of likely N-dealkylation sites (tertiary alicyclic amines) is 1. The maximum absolute atomic E-state index is 13.7. The minimum atomic E-state index is -0.206. The molecule has 2 atom stereocenters. The van der Waals surface area contributed by atoms with Crippen molar-refractivity contribution in [3.63, 3.8) is 0 Å². The first-order valence-electron chi connectivity index (χ1n) is 5.87. The van der Waals surface area contributed by atoms with Crippen LogP contribution in [0, 0.1) is 11.7 Å². The fraction of sp³-hybridized carbons (Fsp3) is 0.538. The lowest BCUT2D eigenvalue weighted by atomic mass is 9.98. The zero-order chi connectivity index (χ0) is 12.4. The first-order valence-corrected chi connectivity index (χ1v) is 7.16. The van der Waals surface area contributed by atoms with Crippen molar-refractivity contribution in [1.82, 2.24) is 4.90 Å². The Morgan fingerprint density at radius 1 is 1.53 bits per heavy atom. The molecule has 1 aliphatic rings. The molecule has 1 aliphatic heterocycles. The SMILES string of the molecule is CC1CCN(Cc2c(F)cccc2Cl)CC1Br. The summed E-state index contributed by atoms with van der Waals surface area (Å²) in [5.41, 5.74) is 0.614. The smallest absolute Gasteiger partial charge is 0.129 e. The van der Waals surface area contributed by atoms with Crippen LogP contribution in [0.1, 0.15) is 18.9 Å². The highest BCUT2D eigenvalue weighted by molar-refractivity contribution is 9.09. The maximum Gasteiger partial charge on any atom is 0.129 e. The summed E-state index contributed by atoms with van der Waals surface area (Å²) in [5.74, 6) is 0.476. The lowest BCUT2D eigenvalue weighted by molar-refractivity contribution is 0.192. The van der Waals surface area contributed by atoms with E-state index in [9.17, 15) is 4.39 Å². The number of halogens is 3. The monoisotopic (exact) mass is 319 g/mol. The van der Waals surface area contributed by atoms with Gasteiger partial charge in [0.2, 0.25) is 0 Å². The molecule has 2 rings (SSSR count). The fourth-order valence-corrected chi connectivity index (χ4v) is 3.03. The Labute approximate surface area is 115 Å². The Morgan fingerprint density at radius 3 is 2.94 bits per heavy atom. The highest BCUT2D eigenvalue weighted by Gasteiger charge is 2.24. The first-order chi connectivity index (χ1) is 8.08. The molecule has 0 spiro atoms. The minimum absolute atomic E-state index is 0.206. The molecule has 1 aromatic rings. The molecule has 1 heterocycles. The van der Waals surface area contributed by atoms with Crippen LogP contribution in [0.25, 0.3) is 0 Å². The van der Waals surface area contributed by atoms with Crippen molar-refractivity contribution >= 4 is 27.5 Å². The van der Waals surface area contributed by atoms with Gasteiger partial charge in [-0.15, -0.1) is 0 Å². The number of benzene rings is 1. The Balaban J connectivity index is 2.06. The molecule has 1 saturated heterocycles. The normalized spacial score (nSPS) is 26.1. The van der Waals surface area contributed by atoms with Crippen LogP contribution in [-0.2, 0) is 6.54 Å². The van der Waals surface area contributed by atoms with Gasteiger partial charge in [0, 0.05) is 28.5 Å². The van der Waals surface area contributed by atoms with Crippen molar-refractivity contribution in [2.75, 3.05) is 13.1 Å². The van der Waals surface area contributed by atoms with Crippen LogP contribution in [-0.4, -0.2) is 22.8 Å². The molecule has 0 bridgehead atoms. The van der Waals surface area contributed by atoms with Gasteiger partial charge in [0.15, 0.2) is 0 Å². The molecule has 2 unspecified atom stereocenters. The lowest BCUT2D eigenvalue weighted by Crippen LogP contribution is -2.39. The van der Waals surface area contributed by atoms with E-state index in [1.165, 1.54) is 6.07 Å². The van der Waals surface area contributed by atoms with Gasteiger partial charge in [-0.25, -0.2) is 4.39 Å². The summed E-state index contributed by atoms with van der Waals surface area (Å²) in [7, 11) is 0. The topological polar surface area (TPSA) is 3.24 Å². The molecular weight excluding hydrogens is 305 g/mol. The van der Waals surface area contributed by atoms with Gasteiger partial charge in [0.05, 0.1) is 0 Å². The van der Waals surface area contributed by atoms with Crippen molar-refractivity contribution in [2.45, 2.75) is 24.7 Å². The van der Waals surface area contributed by atoms with Crippen LogP contribution >= 0.6 is 27.5 Å². The van der Waals surface area contributed by atoms with Gasteiger partial charge >= 0.3 is 0 Å². The van der Waals surface area contributed by atoms with Crippen molar-refractivity contribution < 1.29 is 4.39 Å². The van der Waals surface area contributed by atoms with Crippen molar-refractivity contribution in [1.29, 1.82) is 0 Å². The number of alkyl halides is 1. The summed E-state index contributed by atoms with van der Waals surface area (Å²) in [6.45, 7) is 4.80. The van der Waals surface area contributed by atoms with E-state index in [1.807, 2.05) is 0 Å². The third-order valence-corrected chi connectivity index (χ3v) is 4.94. The van der Waals surface area contributed by atoms with Crippen molar-refractivity contribution in [2.24, 2.45) is 5.92 Å². The highest BCUT2D eigenvalue weighted by atomic mass is 79.9. The van der Waals surface area contributed by atoms with Gasteiger partial charge in [0.25, 0.3) is 0 Å². The van der Waals surface area contributed by atoms with Crippen LogP contribution < -0.4 is 0 Å². The molecule has 17 heavy (non-hydrogen) atoms. The van der Waals surface area contributed by atoms with Crippen molar-refractivity contribution in [3.8, 4) is 0 Å². The zero-order valence-corrected chi connectivity index (χ0v) is 12.1. The lowest BCUT2D eigenvalue weighted by Gasteiger charge is -2.34. The van der Waals surface area contributed by atoms with E-state index in [2.05, 4.69) is 27.8 Å². The van der Waals surface area contributed by atoms with E-state index < -0.39 is 0 Å². The number of piperidine rings is 1. The van der Waals surface area contributed by atoms with Crippen LogP contribution in [0.15, 0.2) is 18.2 Å². The highest BCUT2D eigenvalue weighted by Crippen LogP contribution is 2.27. The maximum atomic E-state index is 13.7. The second kappa shape index (κ2) is 5.68. The van der Waals surface area contributed by atoms with Gasteiger partial charge in [-0.05, 0) is 31.0 Å². The molecule has 0 aromatic heterocycles. The van der Waals surface area contributed by atoms with E-state index in [4.69, 9.17) is 11.6 Å². The van der Waals surface area contributed by atoms with Gasteiger partial charge in [0.1, 0.15) is 5.82 Å². The number of nitrogens with zero attached hydrogens (tertiary/aromatic N) is 1. The van der Waals surface area contributed by atoms with Crippen molar-refractivity contribution in [3.05, 3.63) is 34.6 Å². The first kappa shape index (κ1) is 13.3. The van der Waals surface area contributed by atoms with E-state index in [-0.39, 0.29) is 5.82 Å². The second-order valence-electron chi connectivity index (χ2n) is 4.72. The predicted molar refractivity (Wildman–Crippen MR) is 73.2 cm³/mol. The summed E-state index contributed by atoms with van der Waals surface area (Å²) in [6, 6.07) is 4.87. The molecule has 0 saturated carbocycles. The molecule has 0 radical (unpaired) electrons. The molecular formula is C13H16BrClFN. The Bertz CT molecular complexity index is 379. The summed E-state index contributed by atoms with van der Waals surface area (Å²) in [4.78, 5) is 2.74. The molecule has 0 N–H and O–H groups in total. The number of hydrogen-bond donors (Lipinski definition) is 0. The molecule has 1 nitrogen and oxygen atoms in total. The Morgan fingerprint density at radius 2 is 2.29 bits per heavy atom. The Kier molecular flexibility index (Phi) is 4.45. The third kappa shape index (κ3) is 3.21. The van der Waals surface area contributed by atoms with E-state index in [0.29, 0.717) is 27.9 Å². The molecule has 0 amide bonds. The predicted octanol–water partition coefficient (Wildman–Crippen LogP) is 4.08.